The smallest absolute Gasteiger partial charge is 0.434 e. The van der Waals surface area contributed by atoms with Crippen molar-refractivity contribution in [1.29, 1.82) is 0 Å². The molecule has 0 radical (unpaired) electrons. The molecule has 2 aromatic heterocycles. The van der Waals surface area contributed by atoms with Crippen molar-refractivity contribution >= 4 is 9.84 Å². The van der Waals surface area contributed by atoms with E-state index in [0.717, 1.165) is 25.3 Å². The average Bonchev–Trinajstić information content (AvgIpc) is 3.59. The zero-order valence-corrected chi connectivity index (χ0v) is 24.8. The highest BCUT2D eigenvalue weighted by molar-refractivity contribution is 7.90. The van der Waals surface area contributed by atoms with Crippen molar-refractivity contribution in [2.45, 2.75) is 37.8 Å². The lowest BCUT2D eigenvalue weighted by molar-refractivity contribution is -0.141. The fourth-order valence-electron chi connectivity index (χ4n) is 4.93. The van der Waals surface area contributed by atoms with Gasteiger partial charge in [0.05, 0.1) is 17.2 Å². The van der Waals surface area contributed by atoms with Crippen LogP contribution in [0, 0.1) is 25.6 Å². The minimum absolute atomic E-state index is 0.0791. The summed E-state index contributed by atoms with van der Waals surface area (Å²) in [7, 11) is -3.51. The Labute approximate surface area is 251 Å². The van der Waals surface area contributed by atoms with E-state index < -0.39 is 27.5 Å². The Bertz CT molecular complexity index is 1990. The number of oxazole rings is 1. The predicted octanol–water partition coefficient (Wildman–Crippen LogP) is 7.83. The minimum Gasteiger partial charge on any atom is -0.490 e. The number of hydrogen-bond acceptors (Lipinski definition) is 6. The number of benzene rings is 3. The van der Waals surface area contributed by atoms with Gasteiger partial charge in [-0.15, -0.1) is 0 Å². The first-order chi connectivity index (χ1) is 20.8. The molecule has 0 bridgehead atoms. The Morgan fingerprint density at radius 1 is 0.977 bits per heavy atom. The Morgan fingerprint density at radius 3 is 2.36 bits per heavy atom. The number of imidazole rings is 1. The van der Waals surface area contributed by atoms with Crippen molar-refractivity contribution < 1.29 is 35.1 Å². The van der Waals surface area contributed by atoms with Crippen molar-refractivity contribution in [1.82, 2.24) is 14.5 Å². The molecule has 12 heteroatoms. The quantitative estimate of drug-likeness (QED) is 0.163. The largest absolute Gasteiger partial charge is 0.490 e. The van der Waals surface area contributed by atoms with Crippen molar-refractivity contribution in [3.63, 3.8) is 0 Å². The molecule has 1 saturated carbocycles. The number of sulfone groups is 1. The lowest BCUT2D eigenvalue weighted by Crippen LogP contribution is -2.05. The van der Waals surface area contributed by atoms with E-state index >= 15 is 4.39 Å². The molecule has 0 N–H and O–H groups in total. The summed E-state index contributed by atoms with van der Waals surface area (Å²) in [6.07, 6.45) is -0.552. The fourth-order valence-corrected chi connectivity index (χ4v) is 5.60. The summed E-state index contributed by atoms with van der Waals surface area (Å²) in [4.78, 5) is 8.40. The van der Waals surface area contributed by atoms with Gasteiger partial charge in [-0.3, -0.25) is 0 Å². The molecule has 0 saturated heterocycles. The highest BCUT2D eigenvalue weighted by Crippen LogP contribution is 2.40. The highest BCUT2D eigenvalue weighted by Gasteiger charge is 2.35. The summed E-state index contributed by atoms with van der Waals surface area (Å²) in [6, 6.07) is 15.7. The number of alkyl halides is 3. The zero-order chi connectivity index (χ0) is 31.4. The molecule has 1 aliphatic carbocycles. The van der Waals surface area contributed by atoms with Crippen LogP contribution in [0.5, 0.6) is 5.75 Å². The first-order valence-electron chi connectivity index (χ1n) is 13.8. The number of halogens is 4. The summed E-state index contributed by atoms with van der Waals surface area (Å²) < 4.78 is 93.3. The lowest BCUT2D eigenvalue weighted by atomic mass is 9.98. The van der Waals surface area contributed by atoms with Crippen LogP contribution in [-0.4, -0.2) is 35.8 Å². The monoisotopic (exact) mass is 625 g/mol. The van der Waals surface area contributed by atoms with Crippen LogP contribution in [0.1, 0.15) is 30.3 Å². The SMILES string of the molecule is Cc1nc(-c2cc(-c3cccc(S(C)(=O)=O)c3)ccc2-n2cc(C(F)(F)F)nc2C)c(-c2ccc(OCC3CC3)c(F)c2)o1. The van der Waals surface area contributed by atoms with Crippen molar-refractivity contribution in [2.24, 2.45) is 5.92 Å². The van der Waals surface area contributed by atoms with E-state index in [4.69, 9.17) is 9.15 Å². The molecule has 0 unspecified atom stereocenters. The molecule has 0 spiro atoms. The summed E-state index contributed by atoms with van der Waals surface area (Å²) in [5, 5.41) is 0. The van der Waals surface area contributed by atoms with E-state index in [1.54, 1.807) is 43.3 Å². The summed E-state index contributed by atoms with van der Waals surface area (Å²) in [5.74, 6) is 0.488. The van der Waals surface area contributed by atoms with Crippen molar-refractivity contribution in [2.75, 3.05) is 12.9 Å². The van der Waals surface area contributed by atoms with Gasteiger partial charge in [0.15, 0.2) is 38.7 Å². The maximum Gasteiger partial charge on any atom is 0.434 e. The zero-order valence-electron chi connectivity index (χ0n) is 23.9. The van der Waals surface area contributed by atoms with Crippen LogP contribution in [0.3, 0.4) is 0 Å². The number of aromatic nitrogens is 3. The van der Waals surface area contributed by atoms with Gasteiger partial charge < -0.3 is 13.7 Å². The molecular formula is C32H27F4N3O4S. The minimum atomic E-state index is -4.67. The van der Waals surface area contributed by atoms with Crippen LogP contribution in [-0.2, 0) is 16.0 Å². The summed E-state index contributed by atoms with van der Waals surface area (Å²) >= 11 is 0. The molecule has 3 aromatic carbocycles. The second kappa shape index (κ2) is 10.9. The Morgan fingerprint density at radius 2 is 1.70 bits per heavy atom. The van der Waals surface area contributed by atoms with E-state index in [0.29, 0.717) is 40.5 Å². The first-order valence-corrected chi connectivity index (χ1v) is 15.7. The van der Waals surface area contributed by atoms with Crippen molar-refractivity contribution in [3.8, 4) is 45.1 Å². The van der Waals surface area contributed by atoms with Crippen LogP contribution in [0.2, 0.25) is 0 Å². The molecule has 6 rings (SSSR count). The molecule has 1 aliphatic rings. The van der Waals surface area contributed by atoms with Gasteiger partial charge >= 0.3 is 6.18 Å². The third kappa shape index (κ3) is 5.99. The third-order valence-electron chi connectivity index (χ3n) is 7.38. The molecule has 0 aliphatic heterocycles. The van der Waals surface area contributed by atoms with Crippen LogP contribution < -0.4 is 4.74 Å². The molecule has 0 atom stereocenters. The topological polar surface area (TPSA) is 87.2 Å². The molecule has 5 aromatic rings. The van der Waals surface area contributed by atoms with Gasteiger partial charge in [-0.2, -0.15) is 13.2 Å². The van der Waals surface area contributed by atoms with E-state index in [1.165, 1.54) is 35.8 Å². The maximum atomic E-state index is 15.1. The summed E-state index contributed by atoms with van der Waals surface area (Å²) in [6.45, 7) is 3.50. The normalized spacial score (nSPS) is 13.8. The number of ether oxygens (including phenoxy) is 1. The molecule has 0 amide bonds. The Hall–Kier alpha value is -4.45. The fraction of sp³-hybridized carbons (Fsp3) is 0.250. The average molecular weight is 626 g/mol. The molecular weight excluding hydrogens is 598 g/mol. The third-order valence-corrected chi connectivity index (χ3v) is 8.49. The lowest BCUT2D eigenvalue weighted by Gasteiger charge is -2.14. The van der Waals surface area contributed by atoms with Crippen LogP contribution in [0.4, 0.5) is 17.6 Å². The van der Waals surface area contributed by atoms with Crippen LogP contribution in [0.15, 0.2) is 76.2 Å². The van der Waals surface area contributed by atoms with Gasteiger partial charge in [-0.05, 0) is 79.3 Å². The second-order valence-electron chi connectivity index (χ2n) is 10.9. The number of nitrogens with zero attached hydrogens (tertiary/aromatic N) is 3. The van der Waals surface area contributed by atoms with E-state index in [-0.39, 0.29) is 33.8 Å². The van der Waals surface area contributed by atoms with Gasteiger partial charge in [0.1, 0.15) is 11.5 Å². The molecule has 1 fully saturated rings. The molecule has 44 heavy (non-hydrogen) atoms. The van der Waals surface area contributed by atoms with Gasteiger partial charge in [-0.25, -0.2) is 22.8 Å². The summed E-state index contributed by atoms with van der Waals surface area (Å²) in [5.41, 5.74) is 1.35. The first kappa shape index (κ1) is 29.6. The Kier molecular flexibility index (Phi) is 7.35. The number of rotatable bonds is 8. The van der Waals surface area contributed by atoms with Crippen LogP contribution >= 0.6 is 0 Å². The van der Waals surface area contributed by atoms with E-state index in [2.05, 4.69) is 9.97 Å². The van der Waals surface area contributed by atoms with Gasteiger partial charge in [-0.1, -0.05) is 18.2 Å². The van der Waals surface area contributed by atoms with Gasteiger partial charge in [0, 0.05) is 30.5 Å². The molecule has 7 nitrogen and oxygen atoms in total. The predicted molar refractivity (Wildman–Crippen MR) is 156 cm³/mol. The number of hydrogen-bond donors (Lipinski definition) is 0. The Balaban J connectivity index is 1.52. The van der Waals surface area contributed by atoms with Gasteiger partial charge in [0.2, 0.25) is 0 Å². The van der Waals surface area contributed by atoms with E-state index in [9.17, 15) is 21.6 Å². The van der Waals surface area contributed by atoms with Crippen LogP contribution in [0.25, 0.3) is 39.4 Å². The molecule has 2 heterocycles. The van der Waals surface area contributed by atoms with Gasteiger partial charge in [0.25, 0.3) is 0 Å². The van der Waals surface area contributed by atoms with E-state index in [1.807, 2.05) is 0 Å². The standard InChI is InChI=1S/C32H27F4N3O4S/c1-18-37-29(32(34,35)36)16-39(18)27-11-9-22(21-5-4-6-24(13-21)44(3,40)41)14-25(27)30-31(43-19(2)38-30)23-10-12-28(26(33)15-23)42-17-20-7-8-20/h4-6,9-16,20H,7-8,17H2,1-3H3. The highest BCUT2D eigenvalue weighted by atomic mass is 32.2. The van der Waals surface area contributed by atoms with Crippen molar-refractivity contribution in [3.05, 3.63) is 90.1 Å². The second-order valence-corrected chi connectivity index (χ2v) is 12.9. The number of aryl methyl sites for hydroxylation is 2. The maximum absolute atomic E-state index is 15.1. The molecule has 228 valence electrons.